The van der Waals surface area contributed by atoms with Gasteiger partial charge in [0.05, 0.1) is 27.8 Å². The molecule has 0 aliphatic rings. The van der Waals surface area contributed by atoms with Crippen molar-refractivity contribution in [3.63, 3.8) is 0 Å². The molecular weight excluding hydrogens is 298 g/mol. The van der Waals surface area contributed by atoms with Crippen molar-refractivity contribution in [2.24, 2.45) is 0 Å². The van der Waals surface area contributed by atoms with Crippen LogP contribution in [0.25, 0.3) is 0 Å². The third-order valence-corrected chi connectivity index (χ3v) is 3.11. The first-order valence-electron chi connectivity index (χ1n) is 6.68. The Morgan fingerprint density at radius 1 is 1.35 bits per heavy atom. The van der Waals surface area contributed by atoms with E-state index in [0.717, 1.165) is 0 Å². The van der Waals surface area contributed by atoms with Gasteiger partial charge < -0.3 is 10.1 Å². The van der Waals surface area contributed by atoms with Crippen molar-refractivity contribution in [1.82, 2.24) is 0 Å². The fraction of sp³-hybridized carbons (Fsp3) is 0.125. The van der Waals surface area contributed by atoms with Gasteiger partial charge in [0.1, 0.15) is 5.75 Å². The van der Waals surface area contributed by atoms with Crippen molar-refractivity contribution in [3.8, 4) is 11.8 Å². The van der Waals surface area contributed by atoms with Crippen LogP contribution < -0.4 is 10.1 Å². The SMILES string of the molecule is Cc1c(NC(=O)COc2cccc(C#N)c2)cccc1[N+](=O)[O-]. The van der Waals surface area contributed by atoms with Crippen molar-refractivity contribution in [2.75, 3.05) is 11.9 Å². The lowest BCUT2D eigenvalue weighted by Gasteiger charge is -2.09. The molecule has 23 heavy (non-hydrogen) atoms. The maximum absolute atomic E-state index is 11.9. The van der Waals surface area contributed by atoms with Crippen LogP contribution in [-0.4, -0.2) is 17.4 Å². The minimum Gasteiger partial charge on any atom is -0.484 e. The van der Waals surface area contributed by atoms with E-state index in [4.69, 9.17) is 10.00 Å². The van der Waals surface area contributed by atoms with E-state index in [1.807, 2.05) is 6.07 Å². The number of amides is 1. The lowest BCUT2D eigenvalue weighted by molar-refractivity contribution is -0.385. The molecule has 0 aromatic heterocycles. The molecule has 0 spiro atoms. The molecule has 2 rings (SSSR count). The minimum absolute atomic E-state index is 0.0644. The Morgan fingerprint density at radius 3 is 2.78 bits per heavy atom. The lowest BCUT2D eigenvalue weighted by Crippen LogP contribution is -2.20. The average molecular weight is 311 g/mol. The zero-order chi connectivity index (χ0) is 16.8. The fourth-order valence-corrected chi connectivity index (χ4v) is 1.95. The van der Waals surface area contributed by atoms with Crippen molar-refractivity contribution in [1.29, 1.82) is 5.26 Å². The number of hydrogen-bond donors (Lipinski definition) is 1. The summed E-state index contributed by atoms with van der Waals surface area (Å²) in [5, 5.41) is 22.2. The molecule has 2 aromatic rings. The normalized spacial score (nSPS) is 9.74. The summed E-state index contributed by atoms with van der Waals surface area (Å²) in [5.74, 6) is -0.0501. The summed E-state index contributed by atoms with van der Waals surface area (Å²) in [6, 6.07) is 12.8. The minimum atomic E-state index is -0.505. The first-order chi connectivity index (χ1) is 11.0. The number of carbonyl (C=O) groups excluding carboxylic acids is 1. The molecule has 0 unspecified atom stereocenters. The molecule has 0 aliphatic heterocycles. The first kappa shape index (κ1) is 16.0. The topological polar surface area (TPSA) is 105 Å². The average Bonchev–Trinajstić information content (AvgIpc) is 2.55. The molecule has 0 radical (unpaired) electrons. The molecular formula is C16H13N3O4. The summed E-state index contributed by atoms with van der Waals surface area (Å²) in [6.45, 7) is 1.29. The summed E-state index contributed by atoms with van der Waals surface area (Å²) >= 11 is 0. The Balaban J connectivity index is 2.01. The van der Waals surface area contributed by atoms with Crippen LogP contribution >= 0.6 is 0 Å². The van der Waals surface area contributed by atoms with Crippen molar-refractivity contribution < 1.29 is 14.5 Å². The van der Waals surface area contributed by atoms with E-state index in [1.54, 1.807) is 31.2 Å². The smallest absolute Gasteiger partial charge is 0.274 e. The van der Waals surface area contributed by atoms with E-state index >= 15 is 0 Å². The molecule has 0 fully saturated rings. The van der Waals surface area contributed by atoms with Crippen LogP contribution in [0.4, 0.5) is 11.4 Å². The lowest BCUT2D eigenvalue weighted by atomic mass is 10.1. The van der Waals surface area contributed by atoms with Gasteiger partial charge in [-0.2, -0.15) is 5.26 Å². The molecule has 0 bridgehead atoms. The third kappa shape index (κ3) is 4.04. The number of nitrogens with one attached hydrogen (secondary N) is 1. The first-order valence-corrected chi connectivity index (χ1v) is 6.68. The summed E-state index contributed by atoms with van der Waals surface area (Å²) in [7, 11) is 0. The Bertz CT molecular complexity index is 796. The predicted molar refractivity (Wildman–Crippen MR) is 83.1 cm³/mol. The number of nitriles is 1. The van der Waals surface area contributed by atoms with E-state index in [0.29, 0.717) is 22.6 Å². The van der Waals surface area contributed by atoms with E-state index in [1.165, 1.54) is 18.2 Å². The predicted octanol–water partition coefficient (Wildman–Crippen LogP) is 2.79. The zero-order valence-electron chi connectivity index (χ0n) is 12.3. The van der Waals surface area contributed by atoms with Gasteiger partial charge in [0.15, 0.2) is 6.61 Å². The zero-order valence-corrected chi connectivity index (χ0v) is 12.3. The quantitative estimate of drug-likeness (QED) is 0.675. The largest absolute Gasteiger partial charge is 0.484 e. The second-order valence-corrected chi connectivity index (χ2v) is 4.68. The molecule has 2 aromatic carbocycles. The molecule has 0 saturated carbocycles. The van der Waals surface area contributed by atoms with Gasteiger partial charge in [0, 0.05) is 6.07 Å². The number of anilines is 1. The van der Waals surface area contributed by atoms with Gasteiger partial charge in [0.2, 0.25) is 0 Å². The summed E-state index contributed by atoms with van der Waals surface area (Å²) in [5.41, 5.74) is 1.10. The van der Waals surface area contributed by atoms with Crippen molar-refractivity contribution in [3.05, 3.63) is 63.7 Å². The van der Waals surface area contributed by atoms with Crippen LogP contribution in [0.5, 0.6) is 5.75 Å². The molecule has 1 amide bonds. The van der Waals surface area contributed by atoms with E-state index in [9.17, 15) is 14.9 Å². The monoisotopic (exact) mass is 311 g/mol. The highest BCUT2D eigenvalue weighted by Gasteiger charge is 2.14. The molecule has 0 saturated heterocycles. The maximum atomic E-state index is 11.9. The highest BCUT2D eigenvalue weighted by molar-refractivity contribution is 5.93. The highest BCUT2D eigenvalue weighted by Crippen LogP contribution is 2.25. The van der Waals surface area contributed by atoms with Crippen LogP contribution in [-0.2, 0) is 4.79 Å². The van der Waals surface area contributed by atoms with Crippen LogP contribution in [0.2, 0.25) is 0 Å². The fourth-order valence-electron chi connectivity index (χ4n) is 1.95. The molecule has 7 heteroatoms. The van der Waals surface area contributed by atoms with Crippen LogP contribution in [0.3, 0.4) is 0 Å². The Morgan fingerprint density at radius 2 is 2.09 bits per heavy atom. The third-order valence-electron chi connectivity index (χ3n) is 3.11. The number of carbonyl (C=O) groups is 1. The van der Waals surface area contributed by atoms with Gasteiger partial charge in [-0.05, 0) is 31.2 Å². The Labute approximate surface area is 132 Å². The van der Waals surface area contributed by atoms with Gasteiger partial charge in [-0.1, -0.05) is 12.1 Å². The Hall–Kier alpha value is -3.40. The number of rotatable bonds is 5. The number of ether oxygens (including phenoxy) is 1. The van der Waals surface area contributed by atoms with Crippen LogP contribution in [0.1, 0.15) is 11.1 Å². The number of nitro benzene ring substituents is 1. The highest BCUT2D eigenvalue weighted by atomic mass is 16.6. The van der Waals surface area contributed by atoms with Crippen LogP contribution in [0.15, 0.2) is 42.5 Å². The molecule has 0 atom stereocenters. The summed E-state index contributed by atoms with van der Waals surface area (Å²) in [6.07, 6.45) is 0. The second kappa shape index (κ2) is 7.04. The molecule has 1 N–H and O–H groups in total. The van der Waals surface area contributed by atoms with Gasteiger partial charge in [0.25, 0.3) is 11.6 Å². The number of benzene rings is 2. The molecule has 116 valence electrons. The standard InChI is InChI=1S/C16H13N3O4/c1-11-14(6-3-7-15(11)19(21)22)18-16(20)10-23-13-5-2-4-12(8-13)9-17/h2-8H,10H2,1H3,(H,18,20). The van der Waals surface area contributed by atoms with Crippen molar-refractivity contribution in [2.45, 2.75) is 6.92 Å². The summed E-state index contributed by atoms with van der Waals surface area (Å²) < 4.78 is 5.30. The summed E-state index contributed by atoms with van der Waals surface area (Å²) in [4.78, 5) is 22.3. The molecule has 0 heterocycles. The number of nitrogens with zero attached hydrogens (tertiary/aromatic N) is 2. The van der Waals surface area contributed by atoms with Crippen molar-refractivity contribution >= 4 is 17.3 Å². The number of nitro groups is 1. The van der Waals surface area contributed by atoms with E-state index in [-0.39, 0.29) is 12.3 Å². The molecule has 0 aliphatic carbocycles. The molecule has 7 nitrogen and oxygen atoms in total. The second-order valence-electron chi connectivity index (χ2n) is 4.68. The van der Waals surface area contributed by atoms with Gasteiger partial charge in [-0.3, -0.25) is 14.9 Å². The maximum Gasteiger partial charge on any atom is 0.274 e. The van der Waals surface area contributed by atoms with Gasteiger partial charge >= 0.3 is 0 Å². The van der Waals surface area contributed by atoms with Crippen LogP contribution in [0, 0.1) is 28.4 Å². The van der Waals surface area contributed by atoms with Gasteiger partial charge in [-0.15, -0.1) is 0 Å². The Kier molecular flexibility index (Phi) is 4.89. The number of hydrogen-bond acceptors (Lipinski definition) is 5. The van der Waals surface area contributed by atoms with Gasteiger partial charge in [-0.25, -0.2) is 0 Å². The van der Waals surface area contributed by atoms with E-state index < -0.39 is 10.8 Å². The van der Waals surface area contributed by atoms with E-state index in [2.05, 4.69) is 5.32 Å².